The van der Waals surface area contributed by atoms with Gasteiger partial charge in [0.2, 0.25) is 5.91 Å². The standard InChI is InChI=1S/C15H13FN4O/c16-12-5-4-10(15(17)21)7-13(12)18-8-11-9-20-6-2-1-3-14(20)19-11/h1-7,9,18H,8H2,(H2,17,21). The van der Waals surface area contributed by atoms with Crippen molar-refractivity contribution in [3.05, 3.63) is 65.9 Å². The van der Waals surface area contributed by atoms with E-state index in [1.165, 1.54) is 18.2 Å². The Morgan fingerprint density at radius 2 is 2.19 bits per heavy atom. The molecule has 0 radical (unpaired) electrons. The van der Waals surface area contributed by atoms with Crippen molar-refractivity contribution in [3.63, 3.8) is 0 Å². The smallest absolute Gasteiger partial charge is 0.248 e. The van der Waals surface area contributed by atoms with Crippen LogP contribution in [0, 0.1) is 5.82 Å². The predicted octanol–water partition coefficient (Wildman–Crippen LogP) is 2.18. The molecule has 3 N–H and O–H groups in total. The molecule has 1 aromatic carbocycles. The van der Waals surface area contributed by atoms with Crippen molar-refractivity contribution < 1.29 is 9.18 Å². The summed E-state index contributed by atoms with van der Waals surface area (Å²) in [5, 5.41) is 2.93. The lowest BCUT2D eigenvalue weighted by Gasteiger charge is -2.07. The fourth-order valence-electron chi connectivity index (χ4n) is 2.07. The van der Waals surface area contributed by atoms with E-state index >= 15 is 0 Å². The Hall–Kier alpha value is -2.89. The van der Waals surface area contributed by atoms with Gasteiger partial charge in [-0.05, 0) is 30.3 Å². The first-order valence-electron chi connectivity index (χ1n) is 6.39. The molecule has 0 unspecified atom stereocenters. The van der Waals surface area contributed by atoms with Gasteiger partial charge in [0.05, 0.1) is 17.9 Å². The third-order valence-corrected chi connectivity index (χ3v) is 3.12. The van der Waals surface area contributed by atoms with Gasteiger partial charge in [0, 0.05) is 18.0 Å². The fraction of sp³-hybridized carbons (Fsp3) is 0.0667. The number of pyridine rings is 1. The number of fused-ring (bicyclic) bond motifs is 1. The van der Waals surface area contributed by atoms with E-state index in [9.17, 15) is 9.18 Å². The van der Waals surface area contributed by atoms with Crippen molar-refractivity contribution >= 4 is 17.2 Å². The average Bonchev–Trinajstić information content (AvgIpc) is 2.89. The van der Waals surface area contributed by atoms with E-state index in [0.717, 1.165) is 11.3 Å². The highest BCUT2D eigenvalue weighted by molar-refractivity contribution is 5.93. The van der Waals surface area contributed by atoms with Crippen LogP contribution in [-0.2, 0) is 6.54 Å². The maximum Gasteiger partial charge on any atom is 0.248 e. The Morgan fingerprint density at radius 1 is 1.33 bits per heavy atom. The number of amides is 1. The highest BCUT2D eigenvalue weighted by atomic mass is 19.1. The number of nitrogens with two attached hydrogens (primary N) is 1. The molecule has 0 aliphatic rings. The molecule has 3 rings (SSSR count). The third kappa shape index (κ3) is 2.69. The number of rotatable bonds is 4. The summed E-state index contributed by atoms with van der Waals surface area (Å²) in [6.45, 7) is 0.348. The number of halogens is 1. The number of benzene rings is 1. The zero-order valence-corrected chi connectivity index (χ0v) is 11.1. The van der Waals surface area contributed by atoms with E-state index in [2.05, 4.69) is 10.3 Å². The van der Waals surface area contributed by atoms with E-state index in [4.69, 9.17) is 5.73 Å². The van der Waals surface area contributed by atoms with Crippen LogP contribution in [0.1, 0.15) is 16.1 Å². The Kier molecular flexibility index (Phi) is 3.27. The van der Waals surface area contributed by atoms with Gasteiger partial charge in [0.15, 0.2) is 0 Å². The predicted molar refractivity (Wildman–Crippen MR) is 77.4 cm³/mol. The summed E-state index contributed by atoms with van der Waals surface area (Å²) >= 11 is 0. The van der Waals surface area contributed by atoms with E-state index in [-0.39, 0.29) is 11.3 Å². The van der Waals surface area contributed by atoms with Crippen LogP contribution in [0.5, 0.6) is 0 Å². The monoisotopic (exact) mass is 284 g/mol. The fourth-order valence-corrected chi connectivity index (χ4v) is 2.07. The molecule has 0 fully saturated rings. The molecule has 0 bridgehead atoms. The molecule has 0 spiro atoms. The topological polar surface area (TPSA) is 72.4 Å². The molecule has 21 heavy (non-hydrogen) atoms. The first kappa shape index (κ1) is 13.1. The average molecular weight is 284 g/mol. The lowest BCUT2D eigenvalue weighted by Crippen LogP contribution is -2.12. The second kappa shape index (κ2) is 5.24. The molecule has 1 amide bonds. The number of nitrogens with one attached hydrogen (secondary N) is 1. The molecule has 0 aliphatic heterocycles. The largest absolute Gasteiger partial charge is 0.377 e. The number of aromatic nitrogens is 2. The van der Waals surface area contributed by atoms with Crippen LogP contribution in [0.4, 0.5) is 10.1 Å². The van der Waals surface area contributed by atoms with Gasteiger partial charge in [-0.15, -0.1) is 0 Å². The van der Waals surface area contributed by atoms with Crippen molar-refractivity contribution in [1.82, 2.24) is 9.38 Å². The third-order valence-electron chi connectivity index (χ3n) is 3.12. The van der Waals surface area contributed by atoms with Gasteiger partial charge in [-0.1, -0.05) is 6.07 Å². The van der Waals surface area contributed by atoms with Gasteiger partial charge in [0.1, 0.15) is 11.5 Å². The Balaban J connectivity index is 1.80. The first-order valence-corrected chi connectivity index (χ1v) is 6.39. The maximum atomic E-state index is 13.7. The van der Waals surface area contributed by atoms with Crippen LogP contribution < -0.4 is 11.1 Å². The minimum absolute atomic E-state index is 0.225. The second-order valence-electron chi connectivity index (χ2n) is 4.61. The van der Waals surface area contributed by atoms with Crippen LogP contribution in [-0.4, -0.2) is 15.3 Å². The Bertz CT molecular complexity index is 779. The minimum Gasteiger partial charge on any atom is -0.377 e. The van der Waals surface area contributed by atoms with Crippen LogP contribution in [0.2, 0.25) is 0 Å². The van der Waals surface area contributed by atoms with Crippen molar-refractivity contribution in [1.29, 1.82) is 0 Å². The number of hydrogen-bond donors (Lipinski definition) is 2. The molecule has 5 nitrogen and oxygen atoms in total. The molecule has 0 saturated heterocycles. The number of carbonyl (C=O) groups is 1. The summed E-state index contributed by atoms with van der Waals surface area (Å²) < 4.78 is 15.6. The Morgan fingerprint density at radius 3 is 2.95 bits per heavy atom. The zero-order chi connectivity index (χ0) is 14.8. The SMILES string of the molecule is NC(=O)c1ccc(F)c(NCc2cn3ccccc3n2)c1. The highest BCUT2D eigenvalue weighted by Crippen LogP contribution is 2.17. The summed E-state index contributed by atoms with van der Waals surface area (Å²) in [6.07, 6.45) is 3.75. The zero-order valence-electron chi connectivity index (χ0n) is 11.1. The van der Waals surface area contributed by atoms with Crippen LogP contribution in [0.3, 0.4) is 0 Å². The van der Waals surface area contributed by atoms with Crippen LogP contribution in [0.25, 0.3) is 5.65 Å². The van der Waals surface area contributed by atoms with Gasteiger partial charge >= 0.3 is 0 Å². The highest BCUT2D eigenvalue weighted by Gasteiger charge is 2.08. The summed E-state index contributed by atoms with van der Waals surface area (Å²) in [4.78, 5) is 15.5. The van der Waals surface area contributed by atoms with Crippen molar-refractivity contribution in [2.24, 2.45) is 5.73 Å². The molecule has 2 heterocycles. The van der Waals surface area contributed by atoms with Gasteiger partial charge < -0.3 is 15.5 Å². The van der Waals surface area contributed by atoms with E-state index < -0.39 is 11.7 Å². The number of carbonyl (C=O) groups excluding carboxylic acids is 1. The van der Waals surface area contributed by atoms with Crippen LogP contribution in [0.15, 0.2) is 48.8 Å². The summed E-state index contributed by atoms with van der Waals surface area (Å²) in [6, 6.07) is 9.66. The van der Waals surface area contributed by atoms with Crippen molar-refractivity contribution in [2.75, 3.05) is 5.32 Å². The molecule has 0 aliphatic carbocycles. The van der Waals surface area contributed by atoms with Gasteiger partial charge in [-0.25, -0.2) is 9.37 Å². The molecule has 2 aromatic heterocycles. The Labute approximate surface area is 120 Å². The van der Waals surface area contributed by atoms with E-state index in [1.54, 1.807) is 0 Å². The molecule has 0 saturated carbocycles. The van der Waals surface area contributed by atoms with E-state index in [1.807, 2.05) is 35.0 Å². The van der Waals surface area contributed by atoms with Crippen LogP contribution >= 0.6 is 0 Å². The summed E-state index contributed by atoms with van der Waals surface area (Å²) in [5.74, 6) is -1.03. The molecule has 3 aromatic rings. The van der Waals surface area contributed by atoms with Gasteiger partial charge in [-0.2, -0.15) is 0 Å². The maximum absolute atomic E-state index is 13.7. The number of primary amides is 1. The second-order valence-corrected chi connectivity index (χ2v) is 4.61. The van der Waals surface area contributed by atoms with Gasteiger partial charge in [-0.3, -0.25) is 4.79 Å². The molecule has 0 atom stereocenters. The number of nitrogens with zero attached hydrogens (tertiary/aromatic N) is 2. The minimum atomic E-state index is -0.592. The van der Waals surface area contributed by atoms with Crippen molar-refractivity contribution in [2.45, 2.75) is 6.54 Å². The molecule has 6 heteroatoms. The lowest BCUT2D eigenvalue weighted by molar-refractivity contribution is 0.100. The van der Waals surface area contributed by atoms with E-state index in [0.29, 0.717) is 6.54 Å². The molecular weight excluding hydrogens is 271 g/mol. The number of anilines is 1. The van der Waals surface area contributed by atoms with Gasteiger partial charge in [0.25, 0.3) is 0 Å². The molecular formula is C15H13FN4O. The summed E-state index contributed by atoms with van der Waals surface area (Å²) in [5.41, 5.74) is 7.26. The van der Waals surface area contributed by atoms with Crippen molar-refractivity contribution in [3.8, 4) is 0 Å². The summed E-state index contributed by atoms with van der Waals surface area (Å²) in [7, 11) is 0. The number of hydrogen-bond acceptors (Lipinski definition) is 3. The quantitative estimate of drug-likeness (QED) is 0.771. The molecule has 106 valence electrons. The lowest BCUT2D eigenvalue weighted by atomic mass is 10.2. The first-order chi connectivity index (χ1) is 10.1. The normalized spacial score (nSPS) is 10.7. The number of imidazole rings is 1.